The van der Waals surface area contributed by atoms with Gasteiger partial charge in [0.05, 0.1) is 6.54 Å². The van der Waals surface area contributed by atoms with Crippen LogP contribution in [0.3, 0.4) is 0 Å². The van der Waals surface area contributed by atoms with Gasteiger partial charge in [-0.2, -0.15) is 0 Å². The highest BCUT2D eigenvalue weighted by Gasteiger charge is 2.45. The number of aromatic amines is 1. The number of carbonyl (C=O) groups is 7. The summed E-state index contributed by atoms with van der Waals surface area (Å²) in [5.41, 5.74) is 11.1. The molecule has 0 bridgehead atoms. The maximum Gasteiger partial charge on any atom is 0.407 e. The Hall–Kier alpha value is -8.33. The molecule has 0 aliphatic carbocycles. The lowest BCUT2D eigenvalue weighted by Crippen LogP contribution is -2.62. The van der Waals surface area contributed by atoms with Crippen molar-refractivity contribution >= 4 is 64.0 Å². The lowest BCUT2D eigenvalue weighted by atomic mass is 9.90. The lowest BCUT2D eigenvalue weighted by molar-refractivity contribution is -0.143. The highest BCUT2D eigenvalue weighted by molar-refractivity contribution is 6.30. The molecule has 7 amide bonds. The number of aryl methyl sites for hydroxylation is 2. The van der Waals surface area contributed by atoms with E-state index in [0.717, 1.165) is 33.2 Å². The summed E-state index contributed by atoms with van der Waals surface area (Å²) in [6.07, 6.45) is 4.79. The van der Waals surface area contributed by atoms with E-state index in [4.69, 9.17) is 26.8 Å². The van der Waals surface area contributed by atoms with Gasteiger partial charge in [-0.1, -0.05) is 83.9 Å². The van der Waals surface area contributed by atoms with Crippen molar-refractivity contribution in [2.24, 2.45) is 11.7 Å². The fourth-order valence-electron chi connectivity index (χ4n) is 11.0. The standard InChI is InChI=1S/C62H72ClN11O9/c1-38-9-19-49-48(28-38)44(35-68-49)32-53-59(78)71-52(30-41-21-25-65-26-22-41)57(76)70-51(29-40-12-17-46(18-13-40)82-37-42-10-15-45(63)16-11-42)58(77)73-54(31-43-8-5-24-66-34-43)61(80)74-36-47(83-62(81)67-27-23-64)33-55(74)60(79)69-50(56(75)72-53)20-14-39-6-3-2-4-7-39/h2-13,15-19,24,28,34-35,41,47,50-55,65,68H,14,20-23,25-27,29-33,36-37,64H2,1H3,(H,67,81)(H,69,79)(H,70,76)(H,71,78)(H,72,75)(H,73,77)/t47-,50+,51+,52+,53-,54+,55+/m1/s1. The molecule has 2 aromatic heterocycles. The number of fused-ring (bicyclic) bond motifs is 2. The molecule has 21 heteroatoms. The maximum absolute atomic E-state index is 15.4. The predicted molar refractivity (Wildman–Crippen MR) is 313 cm³/mol. The zero-order chi connectivity index (χ0) is 58.2. The summed E-state index contributed by atoms with van der Waals surface area (Å²) in [5.74, 6) is -3.60. The van der Waals surface area contributed by atoms with Crippen LogP contribution in [0.2, 0.25) is 5.02 Å². The first-order valence-electron chi connectivity index (χ1n) is 28.4. The molecule has 83 heavy (non-hydrogen) atoms. The van der Waals surface area contributed by atoms with E-state index >= 15 is 28.8 Å². The highest BCUT2D eigenvalue weighted by atomic mass is 35.5. The summed E-state index contributed by atoms with van der Waals surface area (Å²) < 4.78 is 11.8. The second kappa shape index (κ2) is 28.6. The third kappa shape index (κ3) is 16.5. The number of aromatic nitrogens is 2. The number of nitrogens with zero attached hydrogens (tertiary/aromatic N) is 2. The van der Waals surface area contributed by atoms with Crippen LogP contribution in [0.4, 0.5) is 4.79 Å². The molecule has 0 saturated carbocycles. The summed E-state index contributed by atoms with van der Waals surface area (Å²) in [5, 5.41) is 22.3. The van der Waals surface area contributed by atoms with Gasteiger partial charge in [0.25, 0.3) is 0 Å². The Labute approximate surface area is 487 Å². The average Bonchev–Trinajstić information content (AvgIpc) is 4.24. The van der Waals surface area contributed by atoms with E-state index in [1.165, 1.54) is 4.90 Å². The largest absolute Gasteiger partial charge is 0.489 e. The Morgan fingerprint density at radius 2 is 1.36 bits per heavy atom. The van der Waals surface area contributed by atoms with Crippen LogP contribution >= 0.6 is 11.6 Å². The zero-order valence-corrected chi connectivity index (χ0v) is 47.1. The number of pyridine rings is 1. The number of nitrogens with two attached hydrogens (primary N) is 1. The topological polar surface area (TPSA) is 280 Å². The van der Waals surface area contributed by atoms with Crippen LogP contribution in [0.15, 0.2) is 128 Å². The van der Waals surface area contributed by atoms with E-state index in [9.17, 15) is 4.79 Å². The Balaban J connectivity index is 1.11. The quantitative estimate of drug-likeness (QED) is 0.0621. The molecule has 0 spiro atoms. The molecule has 7 atom stereocenters. The van der Waals surface area contributed by atoms with Crippen LogP contribution < -0.4 is 47.7 Å². The van der Waals surface area contributed by atoms with Crippen LogP contribution in [0.25, 0.3) is 10.9 Å². The Morgan fingerprint density at radius 1 is 0.711 bits per heavy atom. The maximum atomic E-state index is 15.4. The van der Waals surface area contributed by atoms with Crippen molar-refractivity contribution in [1.82, 2.24) is 52.1 Å². The number of nitrogens with one attached hydrogen (secondary N) is 8. The van der Waals surface area contributed by atoms with Crippen LogP contribution in [0, 0.1) is 12.8 Å². The number of piperidine rings is 1. The van der Waals surface area contributed by atoms with Gasteiger partial charge in [0, 0.05) is 73.3 Å². The van der Waals surface area contributed by atoms with Gasteiger partial charge < -0.3 is 62.3 Å². The number of halogens is 1. The number of hydrogen-bond donors (Lipinski definition) is 9. The van der Waals surface area contributed by atoms with Gasteiger partial charge in [0.1, 0.15) is 54.7 Å². The number of H-pyrrole nitrogens is 1. The normalized spacial score (nSPS) is 22.3. The van der Waals surface area contributed by atoms with Crippen molar-refractivity contribution in [2.75, 3.05) is 32.7 Å². The molecule has 0 unspecified atom stereocenters. The monoisotopic (exact) mass is 1150 g/mol. The number of carbonyl (C=O) groups excluding carboxylic acids is 7. The Kier molecular flexibility index (Phi) is 20.4. The van der Waals surface area contributed by atoms with Crippen LogP contribution in [0.5, 0.6) is 5.75 Å². The molecule has 3 fully saturated rings. The minimum absolute atomic E-state index is 0.00509. The van der Waals surface area contributed by atoms with Gasteiger partial charge in [0.15, 0.2) is 0 Å². The first-order chi connectivity index (χ1) is 40.2. The molecule has 20 nitrogen and oxygen atoms in total. The van der Waals surface area contributed by atoms with E-state index in [-0.39, 0.29) is 70.7 Å². The molecule has 436 valence electrons. The van der Waals surface area contributed by atoms with E-state index < -0.39 is 83.9 Å². The first kappa shape index (κ1) is 59.3. The molecule has 3 aliphatic rings. The fraction of sp³-hybridized carbons (Fsp3) is 0.387. The van der Waals surface area contributed by atoms with Gasteiger partial charge in [-0.05, 0) is 128 Å². The van der Waals surface area contributed by atoms with E-state index in [0.29, 0.717) is 54.3 Å². The van der Waals surface area contributed by atoms with Crippen LogP contribution in [-0.2, 0) is 65.8 Å². The molecule has 5 heterocycles. The summed E-state index contributed by atoms with van der Waals surface area (Å²) in [6, 6.07) is 25.3. The molecule has 3 aliphatic heterocycles. The van der Waals surface area contributed by atoms with Gasteiger partial charge in [0.2, 0.25) is 35.4 Å². The minimum Gasteiger partial charge on any atom is -0.489 e. The summed E-state index contributed by atoms with van der Waals surface area (Å²) in [7, 11) is 0. The van der Waals surface area contributed by atoms with E-state index in [1.807, 2.05) is 67.6 Å². The second-order valence-corrected chi connectivity index (χ2v) is 22.1. The van der Waals surface area contributed by atoms with Crippen molar-refractivity contribution in [3.05, 3.63) is 166 Å². The van der Waals surface area contributed by atoms with Crippen LogP contribution in [0.1, 0.15) is 65.5 Å². The highest BCUT2D eigenvalue weighted by Crippen LogP contribution is 2.26. The van der Waals surface area contributed by atoms with Crippen molar-refractivity contribution in [2.45, 2.75) is 114 Å². The number of alkyl carbamates (subject to hydrolysis) is 1. The average molecular weight is 1150 g/mol. The molecule has 4 aromatic carbocycles. The third-order valence-electron chi connectivity index (χ3n) is 15.5. The third-order valence-corrected chi connectivity index (χ3v) is 15.7. The van der Waals surface area contributed by atoms with Crippen LogP contribution in [-0.4, -0.2) is 131 Å². The van der Waals surface area contributed by atoms with Gasteiger partial charge in [-0.15, -0.1) is 0 Å². The molecule has 0 radical (unpaired) electrons. The summed E-state index contributed by atoms with van der Waals surface area (Å²) in [4.78, 5) is 113. The second-order valence-electron chi connectivity index (χ2n) is 21.6. The summed E-state index contributed by atoms with van der Waals surface area (Å²) >= 11 is 6.10. The molecule has 6 aromatic rings. The zero-order valence-electron chi connectivity index (χ0n) is 46.4. The fourth-order valence-corrected chi connectivity index (χ4v) is 11.1. The molecule has 9 rings (SSSR count). The number of hydrogen-bond acceptors (Lipinski definition) is 12. The number of ether oxygens (including phenoxy) is 2. The Bertz CT molecular complexity index is 3200. The van der Waals surface area contributed by atoms with Crippen molar-refractivity contribution in [3.63, 3.8) is 0 Å². The smallest absolute Gasteiger partial charge is 0.407 e. The number of amides is 7. The van der Waals surface area contributed by atoms with Gasteiger partial charge in [-0.25, -0.2) is 4.79 Å². The number of rotatable bonds is 17. The molecule has 3 saturated heterocycles. The molecular weight excluding hydrogens is 1080 g/mol. The first-order valence-corrected chi connectivity index (χ1v) is 28.8. The van der Waals surface area contributed by atoms with Crippen molar-refractivity contribution in [1.29, 1.82) is 0 Å². The van der Waals surface area contributed by atoms with E-state index in [1.54, 1.807) is 67.1 Å². The molecular formula is C62H72ClN11O9. The summed E-state index contributed by atoms with van der Waals surface area (Å²) in [6.45, 7) is 3.60. The van der Waals surface area contributed by atoms with Gasteiger partial charge >= 0.3 is 6.09 Å². The predicted octanol–water partition coefficient (Wildman–Crippen LogP) is 4.25. The number of benzene rings is 4. The van der Waals surface area contributed by atoms with Crippen molar-refractivity contribution in [3.8, 4) is 5.75 Å². The van der Waals surface area contributed by atoms with E-state index in [2.05, 4.69) is 47.2 Å². The molecule has 10 N–H and O–H groups in total. The lowest BCUT2D eigenvalue weighted by Gasteiger charge is -2.32. The van der Waals surface area contributed by atoms with Crippen molar-refractivity contribution < 1.29 is 43.0 Å². The SMILES string of the molecule is Cc1ccc2[nH]cc(C[C@H]3NC(=O)[C@H](CCc4ccccc4)NC(=O)[C@@H]4C[C@@H](OC(=O)NCCN)CN4C(=O)[C@H](Cc4cccnc4)NC(=O)[C@H](Cc4ccc(OCc5ccc(Cl)cc5)cc4)NC(=O)[C@H](CC4CCNCC4)NC3=O)c2c1. The minimum atomic E-state index is -1.37. The Morgan fingerprint density at radius 3 is 2.08 bits per heavy atom. The van der Waals surface area contributed by atoms with Gasteiger partial charge in [-0.3, -0.25) is 33.8 Å².